The topological polar surface area (TPSA) is 26.3 Å². The van der Waals surface area contributed by atoms with E-state index in [4.69, 9.17) is 4.74 Å². The molecule has 0 saturated carbocycles. The minimum Gasteiger partial charge on any atom is -0.490 e. The van der Waals surface area contributed by atoms with E-state index in [1.54, 1.807) is 6.07 Å². The molecular weight excluding hydrogens is 303 g/mol. The van der Waals surface area contributed by atoms with Gasteiger partial charge in [0.05, 0.1) is 6.61 Å². The molecule has 0 unspecified atom stereocenters. The Bertz CT molecular complexity index is 467. The van der Waals surface area contributed by atoms with E-state index in [-0.39, 0.29) is 11.7 Å². The van der Waals surface area contributed by atoms with Crippen molar-refractivity contribution in [3.05, 3.63) is 29.1 Å². The van der Waals surface area contributed by atoms with E-state index in [2.05, 4.69) is 20.8 Å². The van der Waals surface area contributed by atoms with Crippen molar-refractivity contribution in [2.45, 2.75) is 73.6 Å². The van der Waals surface area contributed by atoms with Gasteiger partial charge in [0.15, 0.2) is 11.6 Å². The van der Waals surface area contributed by atoms with Crippen LogP contribution in [0.15, 0.2) is 12.1 Å². The maximum absolute atomic E-state index is 14.4. The summed E-state index contributed by atoms with van der Waals surface area (Å²) in [7, 11) is 0. The Hall–Kier alpha value is -1.38. The molecule has 1 aromatic rings. The quantitative estimate of drug-likeness (QED) is 0.400. The van der Waals surface area contributed by atoms with Crippen LogP contribution < -0.4 is 4.74 Å². The van der Waals surface area contributed by atoms with Crippen LogP contribution in [0.25, 0.3) is 0 Å². The Balaban J connectivity index is 0.000000922. The van der Waals surface area contributed by atoms with Gasteiger partial charge < -0.3 is 9.53 Å². The van der Waals surface area contributed by atoms with Gasteiger partial charge in [0, 0.05) is 5.92 Å². The SMILES string of the molecule is CC(C)C=O.CCCCCCc1c(C)ccc(OCC(C)C)c1F. The van der Waals surface area contributed by atoms with Gasteiger partial charge in [0.2, 0.25) is 0 Å². The molecule has 0 aliphatic heterocycles. The Morgan fingerprint density at radius 3 is 2.25 bits per heavy atom. The number of rotatable bonds is 9. The molecule has 1 aromatic carbocycles. The fourth-order valence-corrected chi connectivity index (χ4v) is 2.10. The van der Waals surface area contributed by atoms with Crippen molar-refractivity contribution in [3.8, 4) is 5.75 Å². The molecule has 1 rings (SSSR count). The molecule has 0 heterocycles. The van der Waals surface area contributed by atoms with Crippen LogP contribution in [-0.4, -0.2) is 12.9 Å². The molecule has 3 heteroatoms. The fraction of sp³-hybridized carbons (Fsp3) is 0.667. The number of hydrogen-bond acceptors (Lipinski definition) is 2. The fourth-order valence-electron chi connectivity index (χ4n) is 2.10. The Labute approximate surface area is 147 Å². The van der Waals surface area contributed by atoms with Crippen molar-refractivity contribution in [1.82, 2.24) is 0 Å². The van der Waals surface area contributed by atoms with E-state index in [0.717, 1.165) is 30.3 Å². The van der Waals surface area contributed by atoms with Crippen LogP contribution in [0.3, 0.4) is 0 Å². The van der Waals surface area contributed by atoms with E-state index in [9.17, 15) is 9.18 Å². The molecule has 0 spiro atoms. The molecular formula is C21H35FO2. The van der Waals surface area contributed by atoms with Gasteiger partial charge >= 0.3 is 0 Å². The predicted molar refractivity (Wildman–Crippen MR) is 100 cm³/mol. The molecule has 138 valence electrons. The number of carbonyl (C=O) groups is 1. The largest absolute Gasteiger partial charge is 0.490 e. The molecule has 0 amide bonds. The van der Waals surface area contributed by atoms with Crippen molar-refractivity contribution in [3.63, 3.8) is 0 Å². The summed E-state index contributed by atoms with van der Waals surface area (Å²) in [6.07, 6.45) is 6.39. The number of hydrogen-bond donors (Lipinski definition) is 0. The minimum atomic E-state index is -0.155. The van der Waals surface area contributed by atoms with Gasteiger partial charge in [-0.25, -0.2) is 4.39 Å². The third-order valence-corrected chi connectivity index (χ3v) is 3.57. The van der Waals surface area contributed by atoms with Crippen molar-refractivity contribution in [1.29, 1.82) is 0 Å². The second kappa shape index (κ2) is 13.0. The van der Waals surface area contributed by atoms with Gasteiger partial charge in [-0.15, -0.1) is 0 Å². The lowest BCUT2D eigenvalue weighted by molar-refractivity contribution is -0.110. The molecule has 0 fully saturated rings. The molecule has 0 radical (unpaired) electrons. The first-order valence-electron chi connectivity index (χ1n) is 9.19. The maximum atomic E-state index is 14.4. The molecule has 2 nitrogen and oxygen atoms in total. The number of halogens is 1. The molecule has 0 aliphatic carbocycles. The molecule has 0 atom stereocenters. The first-order chi connectivity index (χ1) is 11.3. The smallest absolute Gasteiger partial charge is 0.168 e. The van der Waals surface area contributed by atoms with E-state index in [1.165, 1.54) is 19.3 Å². The van der Waals surface area contributed by atoms with E-state index in [1.807, 2.05) is 26.8 Å². The molecule has 0 aromatic heterocycles. The highest BCUT2D eigenvalue weighted by Gasteiger charge is 2.12. The van der Waals surface area contributed by atoms with Gasteiger partial charge in [0.25, 0.3) is 0 Å². The van der Waals surface area contributed by atoms with Gasteiger partial charge in [-0.1, -0.05) is 59.9 Å². The third-order valence-electron chi connectivity index (χ3n) is 3.57. The second-order valence-electron chi connectivity index (χ2n) is 7.07. The predicted octanol–water partition coefficient (Wildman–Crippen LogP) is 6.13. The zero-order chi connectivity index (χ0) is 18.5. The van der Waals surface area contributed by atoms with Crippen LogP contribution in [0.5, 0.6) is 5.75 Å². The molecule has 0 saturated heterocycles. The lowest BCUT2D eigenvalue weighted by atomic mass is 10.0. The molecule has 24 heavy (non-hydrogen) atoms. The summed E-state index contributed by atoms with van der Waals surface area (Å²) in [6, 6.07) is 3.72. The van der Waals surface area contributed by atoms with Crippen molar-refractivity contribution in [2.24, 2.45) is 11.8 Å². The monoisotopic (exact) mass is 338 g/mol. The second-order valence-corrected chi connectivity index (χ2v) is 7.07. The highest BCUT2D eigenvalue weighted by atomic mass is 19.1. The highest BCUT2D eigenvalue weighted by Crippen LogP contribution is 2.25. The standard InChI is InChI=1S/C17H27FO.C4H8O/c1-5-6-7-8-9-15-14(4)10-11-16(17(15)18)19-12-13(2)3;1-4(2)3-5/h10-11,13H,5-9,12H2,1-4H3;3-4H,1-2H3. The minimum absolute atomic E-state index is 0.155. The summed E-state index contributed by atoms with van der Waals surface area (Å²) < 4.78 is 19.9. The number of carbonyl (C=O) groups excluding carboxylic acids is 1. The lowest BCUT2D eigenvalue weighted by Crippen LogP contribution is -2.07. The normalized spacial score (nSPS) is 10.5. The third kappa shape index (κ3) is 9.69. The zero-order valence-corrected chi connectivity index (χ0v) is 16.3. The van der Waals surface area contributed by atoms with Crippen LogP contribution >= 0.6 is 0 Å². The number of aldehydes is 1. The Morgan fingerprint density at radius 2 is 1.75 bits per heavy atom. The molecule has 0 bridgehead atoms. The summed E-state index contributed by atoms with van der Waals surface area (Å²) in [5.74, 6) is 0.866. The first kappa shape index (κ1) is 22.6. The van der Waals surface area contributed by atoms with Crippen LogP contribution in [0.2, 0.25) is 0 Å². The Kier molecular flexibility index (Phi) is 12.2. The van der Waals surface area contributed by atoms with Crippen LogP contribution in [0.1, 0.15) is 71.4 Å². The van der Waals surface area contributed by atoms with E-state index in [0.29, 0.717) is 18.3 Å². The highest BCUT2D eigenvalue weighted by molar-refractivity contribution is 5.51. The lowest BCUT2D eigenvalue weighted by Gasteiger charge is -2.14. The van der Waals surface area contributed by atoms with Crippen LogP contribution in [0, 0.1) is 24.6 Å². The average Bonchev–Trinajstić information content (AvgIpc) is 2.53. The number of benzene rings is 1. The van der Waals surface area contributed by atoms with Gasteiger partial charge in [-0.3, -0.25) is 0 Å². The summed E-state index contributed by atoms with van der Waals surface area (Å²) in [6.45, 7) is 12.6. The van der Waals surface area contributed by atoms with Gasteiger partial charge in [-0.05, 0) is 42.9 Å². The summed E-state index contributed by atoms with van der Waals surface area (Å²) in [5, 5.41) is 0. The molecule has 0 N–H and O–H groups in total. The summed E-state index contributed by atoms with van der Waals surface area (Å²) >= 11 is 0. The van der Waals surface area contributed by atoms with Crippen molar-refractivity contribution >= 4 is 6.29 Å². The maximum Gasteiger partial charge on any atom is 0.168 e. The average molecular weight is 339 g/mol. The van der Waals surface area contributed by atoms with Crippen LogP contribution in [0.4, 0.5) is 4.39 Å². The van der Waals surface area contributed by atoms with Crippen molar-refractivity contribution in [2.75, 3.05) is 6.61 Å². The number of ether oxygens (including phenoxy) is 1. The van der Waals surface area contributed by atoms with Gasteiger partial charge in [0.1, 0.15) is 6.29 Å². The van der Waals surface area contributed by atoms with Crippen molar-refractivity contribution < 1.29 is 13.9 Å². The summed E-state index contributed by atoms with van der Waals surface area (Å²) in [4.78, 5) is 9.50. The van der Waals surface area contributed by atoms with Crippen LogP contribution in [-0.2, 0) is 11.2 Å². The van der Waals surface area contributed by atoms with E-state index >= 15 is 0 Å². The number of unbranched alkanes of at least 4 members (excludes halogenated alkanes) is 3. The van der Waals surface area contributed by atoms with E-state index < -0.39 is 0 Å². The molecule has 0 aliphatic rings. The van der Waals surface area contributed by atoms with Gasteiger partial charge in [-0.2, -0.15) is 0 Å². The Morgan fingerprint density at radius 1 is 1.12 bits per heavy atom. The zero-order valence-electron chi connectivity index (χ0n) is 16.3. The first-order valence-corrected chi connectivity index (χ1v) is 9.19. The number of aryl methyl sites for hydroxylation is 1. The summed E-state index contributed by atoms with van der Waals surface area (Å²) in [5.41, 5.74) is 1.86.